The topological polar surface area (TPSA) is 56.6 Å². The third kappa shape index (κ3) is 3.37. The minimum Gasteiger partial charge on any atom is -0.454 e. The number of benzene rings is 3. The fourth-order valence-electron chi connectivity index (χ4n) is 3.73. The van der Waals surface area contributed by atoms with Crippen LogP contribution >= 0.6 is 0 Å². The van der Waals surface area contributed by atoms with Gasteiger partial charge in [0.1, 0.15) is 5.82 Å². The van der Waals surface area contributed by atoms with Crippen LogP contribution in [0.15, 0.2) is 72.8 Å². The maximum Gasteiger partial charge on any atom is 0.254 e. The lowest BCUT2D eigenvalue weighted by Gasteiger charge is -2.23. The number of ether oxygens (including phenoxy) is 2. The van der Waals surface area contributed by atoms with Gasteiger partial charge in [-0.05, 0) is 42.0 Å². The zero-order valence-corrected chi connectivity index (χ0v) is 16.6. The van der Waals surface area contributed by atoms with Gasteiger partial charge in [0.2, 0.25) is 6.79 Å². The molecule has 2 heterocycles. The number of para-hydroxylation sites is 2. The Morgan fingerprint density at radius 1 is 0.967 bits per heavy atom. The molecule has 30 heavy (non-hydrogen) atoms. The third-order valence-electron chi connectivity index (χ3n) is 5.33. The molecule has 1 aliphatic rings. The first-order valence-corrected chi connectivity index (χ1v) is 9.82. The lowest BCUT2D eigenvalue weighted by Crippen LogP contribution is -2.31. The van der Waals surface area contributed by atoms with E-state index in [9.17, 15) is 4.79 Å². The molecule has 0 aliphatic carbocycles. The third-order valence-corrected chi connectivity index (χ3v) is 5.33. The molecule has 0 unspecified atom stereocenters. The van der Waals surface area contributed by atoms with Gasteiger partial charge in [-0.1, -0.05) is 36.4 Å². The SMILES string of the molecule is Cn1c(CN(Cc2ccc3c(c2)OCO3)C(=O)c2ccccc2)nc2ccccc21. The van der Waals surface area contributed by atoms with Crippen molar-refractivity contribution in [1.82, 2.24) is 14.5 Å². The number of carbonyl (C=O) groups excluding carboxylic acids is 1. The standard InChI is InChI=1S/C24H21N3O3/c1-26-20-10-6-5-9-19(20)25-23(26)15-27(24(28)18-7-3-2-4-8-18)14-17-11-12-21-22(13-17)30-16-29-21/h2-13H,14-16H2,1H3. The van der Waals surface area contributed by atoms with Crippen molar-refractivity contribution in [3.05, 3.63) is 89.7 Å². The minimum atomic E-state index is -0.0414. The van der Waals surface area contributed by atoms with E-state index >= 15 is 0 Å². The van der Waals surface area contributed by atoms with Crippen LogP contribution in [0.5, 0.6) is 11.5 Å². The van der Waals surface area contributed by atoms with E-state index in [0.29, 0.717) is 24.4 Å². The van der Waals surface area contributed by atoms with E-state index in [1.807, 2.05) is 89.3 Å². The molecule has 6 nitrogen and oxygen atoms in total. The molecule has 0 bridgehead atoms. The van der Waals surface area contributed by atoms with Crippen molar-refractivity contribution < 1.29 is 14.3 Å². The van der Waals surface area contributed by atoms with Crippen molar-refractivity contribution in [2.24, 2.45) is 7.05 Å². The number of hydrogen-bond donors (Lipinski definition) is 0. The van der Waals surface area contributed by atoms with E-state index in [4.69, 9.17) is 14.5 Å². The van der Waals surface area contributed by atoms with Crippen LogP contribution < -0.4 is 9.47 Å². The summed E-state index contributed by atoms with van der Waals surface area (Å²) in [6, 6.07) is 23.1. The number of hydrogen-bond acceptors (Lipinski definition) is 4. The average molecular weight is 399 g/mol. The Hall–Kier alpha value is -3.80. The average Bonchev–Trinajstić information content (AvgIpc) is 3.38. The molecule has 0 N–H and O–H groups in total. The molecule has 0 fully saturated rings. The van der Waals surface area contributed by atoms with Crippen molar-refractivity contribution in [3.63, 3.8) is 0 Å². The number of rotatable bonds is 5. The van der Waals surface area contributed by atoms with Crippen molar-refractivity contribution >= 4 is 16.9 Å². The summed E-state index contributed by atoms with van der Waals surface area (Å²) in [5.41, 5.74) is 3.59. The number of aryl methyl sites for hydroxylation is 1. The summed E-state index contributed by atoms with van der Waals surface area (Å²) in [5, 5.41) is 0. The Bertz CT molecular complexity index is 1220. The molecule has 6 heteroatoms. The van der Waals surface area contributed by atoms with E-state index < -0.39 is 0 Å². The highest BCUT2D eigenvalue weighted by atomic mass is 16.7. The summed E-state index contributed by atoms with van der Waals surface area (Å²) in [4.78, 5) is 19.9. The molecular weight excluding hydrogens is 378 g/mol. The molecule has 0 atom stereocenters. The summed E-state index contributed by atoms with van der Waals surface area (Å²) in [6.07, 6.45) is 0. The van der Waals surface area contributed by atoms with Crippen LogP contribution in [0, 0.1) is 0 Å². The molecule has 0 radical (unpaired) electrons. The maximum absolute atomic E-state index is 13.3. The predicted molar refractivity (Wildman–Crippen MR) is 113 cm³/mol. The van der Waals surface area contributed by atoms with Gasteiger partial charge in [-0.3, -0.25) is 4.79 Å². The summed E-state index contributed by atoms with van der Waals surface area (Å²) in [6.45, 7) is 1.06. The van der Waals surface area contributed by atoms with Gasteiger partial charge in [0.05, 0.1) is 17.6 Å². The van der Waals surface area contributed by atoms with Crippen molar-refractivity contribution in [3.8, 4) is 11.5 Å². The van der Waals surface area contributed by atoms with E-state index in [-0.39, 0.29) is 12.7 Å². The maximum atomic E-state index is 13.3. The van der Waals surface area contributed by atoms with Gasteiger partial charge in [-0.15, -0.1) is 0 Å². The van der Waals surface area contributed by atoms with Gasteiger partial charge in [0.25, 0.3) is 5.91 Å². The highest BCUT2D eigenvalue weighted by Gasteiger charge is 2.21. The number of nitrogens with zero attached hydrogens (tertiary/aromatic N) is 3. The zero-order valence-electron chi connectivity index (χ0n) is 16.6. The predicted octanol–water partition coefficient (Wildman–Crippen LogP) is 4.14. The lowest BCUT2D eigenvalue weighted by atomic mass is 10.1. The Labute approximate surface area is 174 Å². The van der Waals surface area contributed by atoms with Gasteiger partial charge in [-0.25, -0.2) is 4.98 Å². The summed E-state index contributed by atoms with van der Waals surface area (Å²) >= 11 is 0. The highest BCUT2D eigenvalue weighted by Crippen LogP contribution is 2.33. The van der Waals surface area contributed by atoms with Crippen LogP contribution in [0.4, 0.5) is 0 Å². The first-order chi connectivity index (χ1) is 14.7. The normalized spacial score (nSPS) is 12.3. The van der Waals surface area contributed by atoms with Crippen molar-refractivity contribution in [2.75, 3.05) is 6.79 Å². The molecule has 1 amide bonds. The van der Waals surface area contributed by atoms with Crippen LogP contribution in [-0.2, 0) is 20.1 Å². The zero-order chi connectivity index (χ0) is 20.5. The quantitative estimate of drug-likeness (QED) is 0.506. The monoisotopic (exact) mass is 399 g/mol. The largest absolute Gasteiger partial charge is 0.454 e. The number of carbonyl (C=O) groups is 1. The molecule has 150 valence electrons. The Morgan fingerprint density at radius 2 is 1.73 bits per heavy atom. The van der Waals surface area contributed by atoms with E-state index in [1.54, 1.807) is 0 Å². The van der Waals surface area contributed by atoms with Gasteiger partial charge < -0.3 is 18.9 Å². The van der Waals surface area contributed by atoms with Crippen LogP contribution in [0.3, 0.4) is 0 Å². The molecule has 4 aromatic rings. The minimum absolute atomic E-state index is 0.0414. The summed E-state index contributed by atoms with van der Waals surface area (Å²) in [5.74, 6) is 2.24. The van der Waals surface area contributed by atoms with Crippen LogP contribution in [0.25, 0.3) is 11.0 Å². The van der Waals surface area contributed by atoms with Crippen molar-refractivity contribution in [2.45, 2.75) is 13.1 Å². The molecule has 5 rings (SSSR count). The summed E-state index contributed by atoms with van der Waals surface area (Å²) < 4.78 is 12.9. The number of aromatic nitrogens is 2. The van der Waals surface area contributed by atoms with Gasteiger partial charge in [0, 0.05) is 19.2 Å². The van der Waals surface area contributed by atoms with Crippen LogP contribution in [0.2, 0.25) is 0 Å². The second-order valence-corrected chi connectivity index (χ2v) is 7.29. The Morgan fingerprint density at radius 3 is 2.57 bits per heavy atom. The van der Waals surface area contributed by atoms with Crippen LogP contribution in [-0.4, -0.2) is 27.2 Å². The van der Waals surface area contributed by atoms with Crippen molar-refractivity contribution in [1.29, 1.82) is 0 Å². The second-order valence-electron chi connectivity index (χ2n) is 7.29. The molecule has 0 spiro atoms. The first-order valence-electron chi connectivity index (χ1n) is 9.82. The highest BCUT2D eigenvalue weighted by molar-refractivity contribution is 5.94. The number of imidazole rings is 1. The Kier molecular flexibility index (Phi) is 4.59. The smallest absolute Gasteiger partial charge is 0.254 e. The molecule has 1 aromatic heterocycles. The van der Waals surface area contributed by atoms with Crippen LogP contribution in [0.1, 0.15) is 21.7 Å². The molecule has 1 aliphatic heterocycles. The van der Waals surface area contributed by atoms with Gasteiger partial charge >= 0.3 is 0 Å². The second kappa shape index (κ2) is 7.55. The Balaban J connectivity index is 1.49. The molecule has 0 saturated carbocycles. The van der Waals surface area contributed by atoms with E-state index in [0.717, 1.165) is 28.2 Å². The number of fused-ring (bicyclic) bond motifs is 2. The molecule has 0 saturated heterocycles. The fourth-order valence-corrected chi connectivity index (χ4v) is 3.73. The van der Waals surface area contributed by atoms with Gasteiger partial charge in [-0.2, -0.15) is 0 Å². The summed E-state index contributed by atoms with van der Waals surface area (Å²) in [7, 11) is 1.98. The lowest BCUT2D eigenvalue weighted by molar-refractivity contribution is 0.0724. The van der Waals surface area contributed by atoms with E-state index in [1.165, 1.54) is 0 Å². The van der Waals surface area contributed by atoms with Gasteiger partial charge in [0.15, 0.2) is 11.5 Å². The number of amides is 1. The molecular formula is C24H21N3O3. The fraction of sp³-hybridized carbons (Fsp3) is 0.167. The molecule has 3 aromatic carbocycles. The first kappa shape index (κ1) is 18.2. The van der Waals surface area contributed by atoms with E-state index in [2.05, 4.69) is 0 Å².